The predicted octanol–water partition coefficient (Wildman–Crippen LogP) is 4.53. The monoisotopic (exact) mass is 432 g/mol. The van der Waals surface area contributed by atoms with E-state index in [4.69, 9.17) is 4.74 Å². The van der Waals surface area contributed by atoms with Crippen LogP contribution in [0.15, 0.2) is 60.3 Å². The van der Waals surface area contributed by atoms with Crippen molar-refractivity contribution in [2.24, 2.45) is 5.92 Å². The first-order valence-corrected chi connectivity index (χ1v) is 11.7. The third-order valence-electron chi connectivity index (χ3n) is 6.33. The molecule has 0 saturated carbocycles. The molecule has 2 aromatic carbocycles. The summed E-state index contributed by atoms with van der Waals surface area (Å²) in [5, 5.41) is 0. The van der Waals surface area contributed by atoms with Gasteiger partial charge in [-0.15, -0.1) is 0 Å². The lowest BCUT2D eigenvalue weighted by molar-refractivity contribution is -0.137. The summed E-state index contributed by atoms with van der Waals surface area (Å²) in [7, 11) is 0. The number of hydrogen-bond acceptors (Lipinski definition) is 4. The largest absolute Gasteiger partial charge is 0.494 e. The summed E-state index contributed by atoms with van der Waals surface area (Å²) in [6.07, 6.45) is 3.66. The number of ether oxygens (including phenoxy) is 1. The SMILES string of the molecule is CCCOc1ccc(C2=C(N3CCC(C)CC3)C(=O)N(CCc3ccccc3)C2=O)cc1. The van der Waals surface area contributed by atoms with Crippen LogP contribution >= 0.6 is 0 Å². The van der Waals surface area contributed by atoms with Crippen LogP contribution in [-0.4, -0.2) is 47.9 Å². The molecule has 1 saturated heterocycles. The molecule has 0 bridgehead atoms. The summed E-state index contributed by atoms with van der Waals surface area (Å²) in [5.74, 6) is 1.07. The van der Waals surface area contributed by atoms with E-state index < -0.39 is 0 Å². The molecular weight excluding hydrogens is 400 g/mol. The highest BCUT2D eigenvalue weighted by Gasteiger charge is 2.41. The van der Waals surface area contributed by atoms with Gasteiger partial charge in [0.15, 0.2) is 0 Å². The second-order valence-electron chi connectivity index (χ2n) is 8.76. The van der Waals surface area contributed by atoms with Gasteiger partial charge in [0.05, 0.1) is 12.2 Å². The van der Waals surface area contributed by atoms with Gasteiger partial charge in [-0.2, -0.15) is 0 Å². The van der Waals surface area contributed by atoms with Crippen molar-refractivity contribution < 1.29 is 14.3 Å². The molecule has 4 rings (SSSR count). The molecule has 5 heteroatoms. The second kappa shape index (κ2) is 10.0. The number of carbonyl (C=O) groups excluding carboxylic acids is 2. The van der Waals surface area contributed by atoms with Crippen molar-refractivity contribution in [3.63, 3.8) is 0 Å². The average Bonchev–Trinajstić information content (AvgIpc) is 3.07. The predicted molar refractivity (Wildman–Crippen MR) is 126 cm³/mol. The zero-order valence-electron chi connectivity index (χ0n) is 19.0. The number of amides is 2. The van der Waals surface area contributed by atoms with E-state index >= 15 is 0 Å². The summed E-state index contributed by atoms with van der Waals surface area (Å²) < 4.78 is 5.70. The maximum absolute atomic E-state index is 13.5. The number of benzene rings is 2. The second-order valence-corrected chi connectivity index (χ2v) is 8.76. The normalized spacial score (nSPS) is 17.4. The van der Waals surface area contributed by atoms with Crippen LogP contribution in [0, 0.1) is 5.92 Å². The Morgan fingerprint density at radius 1 is 0.938 bits per heavy atom. The van der Waals surface area contributed by atoms with Gasteiger partial charge in [-0.25, -0.2) is 0 Å². The van der Waals surface area contributed by atoms with Crippen LogP contribution in [0.1, 0.15) is 44.2 Å². The van der Waals surface area contributed by atoms with Gasteiger partial charge in [0.25, 0.3) is 11.8 Å². The first-order chi connectivity index (χ1) is 15.6. The molecule has 0 radical (unpaired) electrons. The van der Waals surface area contributed by atoms with E-state index in [9.17, 15) is 9.59 Å². The Labute approximate surface area is 190 Å². The van der Waals surface area contributed by atoms with E-state index in [0.717, 1.165) is 49.2 Å². The van der Waals surface area contributed by atoms with Gasteiger partial charge in [0, 0.05) is 19.6 Å². The summed E-state index contributed by atoms with van der Waals surface area (Å²) in [6.45, 7) is 6.97. The number of likely N-dealkylation sites (tertiary alicyclic amines) is 1. The molecular formula is C27H32N2O3. The van der Waals surface area contributed by atoms with Crippen molar-refractivity contribution >= 4 is 17.4 Å². The minimum Gasteiger partial charge on any atom is -0.494 e. The van der Waals surface area contributed by atoms with Gasteiger partial charge in [-0.05, 0) is 54.9 Å². The molecule has 168 valence electrons. The minimum absolute atomic E-state index is 0.165. The van der Waals surface area contributed by atoms with Gasteiger partial charge in [-0.3, -0.25) is 14.5 Å². The molecule has 0 spiro atoms. The van der Waals surface area contributed by atoms with Crippen LogP contribution in [0.4, 0.5) is 0 Å². The van der Waals surface area contributed by atoms with Crippen molar-refractivity contribution in [1.82, 2.24) is 9.80 Å². The quantitative estimate of drug-likeness (QED) is 0.575. The molecule has 2 heterocycles. The highest BCUT2D eigenvalue weighted by molar-refractivity contribution is 6.35. The summed E-state index contributed by atoms with van der Waals surface area (Å²) in [6, 6.07) is 17.6. The van der Waals surface area contributed by atoms with Crippen LogP contribution < -0.4 is 4.74 Å². The van der Waals surface area contributed by atoms with E-state index in [-0.39, 0.29) is 11.8 Å². The first kappa shape index (κ1) is 22.1. The van der Waals surface area contributed by atoms with Crippen molar-refractivity contribution in [2.45, 2.75) is 39.5 Å². The standard InChI is InChI=1S/C27H32N2O3/c1-3-19-32-23-11-9-22(10-12-23)24-25(28-16-13-20(2)14-17-28)27(31)29(26(24)30)18-15-21-7-5-4-6-8-21/h4-12,20H,3,13-19H2,1-2H3. The van der Waals surface area contributed by atoms with Gasteiger partial charge in [-0.1, -0.05) is 56.3 Å². The zero-order valence-corrected chi connectivity index (χ0v) is 19.0. The molecule has 1 fully saturated rings. The lowest BCUT2D eigenvalue weighted by Gasteiger charge is -2.32. The number of piperidine rings is 1. The Morgan fingerprint density at radius 2 is 1.62 bits per heavy atom. The molecule has 2 amide bonds. The molecule has 2 aliphatic heterocycles. The topological polar surface area (TPSA) is 49.9 Å². The van der Waals surface area contributed by atoms with Crippen molar-refractivity contribution in [3.05, 3.63) is 71.4 Å². The van der Waals surface area contributed by atoms with Gasteiger partial charge < -0.3 is 9.64 Å². The van der Waals surface area contributed by atoms with Crippen molar-refractivity contribution in [3.8, 4) is 5.75 Å². The molecule has 0 aromatic heterocycles. The third-order valence-corrected chi connectivity index (χ3v) is 6.33. The Balaban J connectivity index is 1.62. The van der Waals surface area contributed by atoms with Crippen LogP contribution in [0.2, 0.25) is 0 Å². The lowest BCUT2D eigenvalue weighted by atomic mass is 9.97. The average molecular weight is 433 g/mol. The fraction of sp³-hybridized carbons (Fsp3) is 0.407. The van der Waals surface area contributed by atoms with Crippen LogP contribution in [-0.2, 0) is 16.0 Å². The molecule has 0 N–H and O–H groups in total. The molecule has 0 unspecified atom stereocenters. The van der Waals surface area contributed by atoms with E-state index in [1.807, 2.05) is 54.6 Å². The lowest BCUT2D eigenvalue weighted by Crippen LogP contribution is -2.39. The van der Waals surface area contributed by atoms with Gasteiger partial charge in [0.1, 0.15) is 11.4 Å². The van der Waals surface area contributed by atoms with Crippen LogP contribution in [0.5, 0.6) is 5.75 Å². The van der Waals surface area contributed by atoms with E-state index in [1.165, 1.54) is 4.90 Å². The maximum Gasteiger partial charge on any atom is 0.277 e. The Morgan fingerprint density at radius 3 is 2.28 bits per heavy atom. The smallest absolute Gasteiger partial charge is 0.277 e. The molecule has 0 atom stereocenters. The highest BCUT2D eigenvalue weighted by Crippen LogP contribution is 2.34. The maximum atomic E-state index is 13.5. The van der Waals surface area contributed by atoms with Crippen LogP contribution in [0.25, 0.3) is 5.57 Å². The Bertz CT molecular complexity index is 974. The zero-order chi connectivity index (χ0) is 22.5. The number of nitrogens with zero attached hydrogens (tertiary/aromatic N) is 2. The van der Waals surface area contributed by atoms with Crippen molar-refractivity contribution in [1.29, 1.82) is 0 Å². The molecule has 32 heavy (non-hydrogen) atoms. The molecule has 2 aromatic rings. The van der Waals surface area contributed by atoms with Gasteiger partial charge in [0.2, 0.25) is 0 Å². The minimum atomic E-state index is -0.193. The first-order valence-electron chi connectivity index (χ1n) is 11.7. The van der Waals surface area contributed by atoms with E-state index in [0.29, 0.717) is 36.8 Å². The number of rotatable bonds is 8. The number of carbonyl (C=O) groups is 2. The highest BCUT2D eigenvalue weighted by atomic mass is 16.5. The fourth-order valence-electron chi connectivity index (χ4n) is 4.38. The van der Waals surface area contributed by atoms with Crippen molar-refractivity contribution in [2.75, 3.05) is 26.2 Å². The van der Waals surface area contributed by atoms with E-state index in [1.54, 1.807) is 0 Å². The number of hydrogen-bond donors (Lipinski definition) is 0. The van der Waals surface area contributed by atoms with Gasteiger partial charge >= 0.3 is 0 Å². The Hall–Kier alpha value is -3.08. The fourth-order valence-corrected chi connectivity index (χ4v) is 4.38. The summed E-state index contributed by atoms with van der Waals surface area (Å²) in [5.41, 5.74) is 2.99. The third kappa shape index (κ3) is 4.72. The van der Waals surface area contributed by atoms with E-state index in [2.05, 4.69) is 18.7 Å². The van der Waals surface area contributed by atoms with Crippen LogP contribution in [0.3, 0.4) is 0 Å². The Kier molecular flexibility index (Phi) is 6.93. The number of imide groups is 1. The molecule has 5 nitrogen and oxygen atoms in total. The summed E-state index contributed by atoms with van der Waals surface area (Å²) >= 11 is 0. The molecule has 2 aliphatic rings. The molecule has 0 aliphatic carbocycles. The summed E-state index contributed by atoms with van der Waals surface area (Å²) in [4.78, 5) is 30.5.